The second-order valence-electron chi connectivity index (χ2n) is 3.60. The molecule has 1 aromatic carbocycles. The molecule has 0 aromatic heterocycles. The molecule has 0 bridgehead atoms. The van der Waals surface area contributed by atoms with E-state index in [-0.39, 0.29) is 24.4 Å². The Morgan fingerprint density at radius 3 is 2.60 bits per heavy atom. The van der Waals surface area contributed by atoms with Crippen LogP contribution in [0.5, 0.6) is 0 Å². The van der Waals surface area contributed by atoms with Gasteiger partial charge >= 0.3 is 0 Å². The monoisotopic (exact) mass is 209 g/mol. The molecule has 3 nitrogen and oxygen atoms in total. The van der Waals surface area contributed by atoms with E-state index in [4.69, 9.17) is 9.94 Å². The number of aliphatic hydroxyl groups excluding tert-OH is 1. The Morgan fingerprint density at radius 1 is 1.40 bits per heavy atom. The van der Waals surface area contributed by atoms with Crippen molar-refractivity contribution in [1.82, 2.24) is 0 Å². The average Bonchev–Trinajstić information content (AvgIpc) is 2.61. The zero-order valence-corrected chi connectivity index (χ0v) is 8.35. The van der Waals surface area contributed by atoms with Crippen LogP contribution >= 0.6 is 0 Å². The van der Waals surface area contributed by atoms with E-state index in [0.717, 1.165) is 11.3 Å². The van der Waals surface area contributed by atoms with Crippen LogP contribution < -0.4 is 0 Å². The van der Waals surface area contributed by atoms with E-state index in [2.05, 4.69) is 5.16 Å². The number of oxime groups is 1. The summed E-state index contributed by atoms with van der Waals surface area (Å²) in [5, 5.41) is 12.9. The molecule has 0 fully saturated rings. The van der Waals surface area contributed by atoms with Crippen molar-refractivity contribution < 1.29 is 14.3 Å². The van der Waals surface area contributed by atoms with Crippen molar-refractivity contribution in [3.8, 4) is 0 Å². The highest BCUT2D eigenvalue weighted by Crippen LogP contribution is 2.22. The van der Waals surface area contributed by atoms with Crippen molar-refractivity contribution in [2.75, 3.05) is 6.61 Å². The number of nitrogens with zero attached hydrogens (tertiary/aromatic N) is 1. The molecular weight excluding hydrogens is 197 g/mol. The van der Waals surface area contributed by atoms with Crippen LogP contribution in [0.15, 0.2) is 29.4 Å². The number of halogens is 1. The summed E-state index contributed by atoms with van der Waals surface area (Å²) in [4.78, 5) is 5.06. The highest BCUT2D eigenvalue weighted by Gasteiger charge is 2.30. The van der Waals surface area contributed by atoms with Crippen molar-refractivity contribution in [2.45, 2.75) is 13.0 Å². The molecule has 0 aliphatic carbocycles. The second kappa shape index (κ2) is 3.98. The molecule has 4 heteroatoms. The van der Waals surface area contributed by atoms with Crippen LogP contribution in [0.4, 0.5) is 4.39 Å². The van der Waals surface area contributed by atoms with Gasteiger partial charge in [0.25, 0.3) is 0 Å². The molecule has 1 N–H and O–H groups in total. The predicted octanol–water partition coefficient (Wildman–Crippen LogP) is 1.56. The Balaban J connectivity index is 2.22. The van der Waals surface area contributed by atoms with Crippen LogP contribution in [-0.2, 0) is 4.84 Å². The summed E-state index contributed by atoms with van der Waals surface area (Å²) in [5.74, 6) is -0.245. The number of hydrogen-bond acceptors (Lipinski definition) is 3. The van der Waals surface area contributed by atoms with Crippen molar-refractivity contribution in [3.05, 3.63) is 35.6 Å². The molecule has 1 aliphatic heterocycles. The molecule has 1 aromatic rings. The minimum Gasteiger partial charge on any atom is -0.392 e. The maximum absolute atomic E-state index is 12.7. The summed E-state index contributed by atoms with van der Waals surface area (Å²) in [6.07, 6.45) is -0.287. The first-order valence-electron chi connectivity index (χ1n) is 4.83. The van der Waals surface area contributed by atoms with Gasteiger partial charge < -0.3 is 9.94 Å². The Hall–Kier alpha value is -1.42. The molecule has 0 saturated carbocycles. The first-order valence-corrected chi connectivity index (χ1v) is 4.83. The molecule has 2 rings (SSSR count). The molecule has 15 heavy (non-hydrogen) atoms. The van der Waals surface area contributed by atoms with E-state index >= 15 is 0 Å². The molecule has 2 unspecified atom stereocenters. The first-order chi connectivity index (χ1) is 7.22. The number of rotatable bonds is 2. The minimum atomic E-state index is -0.287. The molecule has 2 atom stereocenters. The molecular formula is C11H12FNO2. The number of hydrogen-bond donors (Lipinski definition) is 1. The molecule has 0 saturated heterocycles. The predicted molar refractivity (Wildman–Crippen MR) is 54.1 cm³/mol. The van der Waals surface area contributed by atoms with Crippen LogP contribution in [0.3, 0.4) is 0 Å². The summed E-state index contributed by atoms with van der Waals surface area (Å²) in [7, 11) is 0. The lowest BCUT2D eigenvalue weighted by atomic mass is 9.95. The fraction of sp³-hybridized carbons (Fsp3) is 0.364. The summed E-state index contributed by atoms with van der Waals surface area (Å²) in [5.41, 5.74) is 1.59. The van der Waals surface area contributed by atoms with Crippen LogP contribution in [0.2, 0.25) is 0 Å². The van der Waals surface area contributed by atoms with Gasteiger partial charge in [-0.15, -0.1) is 0 Å². The van der Waals surface area contributed by atoms with Gasteiger partial charge in [0.2, 0.25) is 0 Å². The van der Waals surface area contributed by atoms with Gasteiger partial charge in [0.05, 0.1) is 12.3 Å². The van der Waals surface area contributed by atoms with Gasteiger partial charge in [-0.05, 0) is 17.7 Å². The van der Waals surface area contributed by atoms with E-state index in [1.807, 2.05) is 6.92 Å². The highest BCUT2D eigenvalue weighted by molar-refractivity contribution is 6.02. The van der Waals surface area contributed by atoms with Crippen LogP contribution in [-0.4, -0.2) is 23.5 Å². The molecule has 1 heterocycles. The molecule has 0 amide bonds. The van der Waals surface area contributed by atoms with E-state index < -0.39 is 0 Å². The smallest absolute Gasteiger partial charge is 0.158 e. The quantitative estimate of drug-likeness (QED) is 0.803. The Bertz CT molecular complexity index is 375. The third-order valence-corrected chi connectivity index (χ3v) is 2.60. The Kier molecular flexibility index (Phi) is 2.68. The summed E-state index contributed by atoms with van der Waals surface area (Å²) in [6, 6.07) is 6.09. The van der Waals surface area contributed by atoms with Gasteiger partial charge in [0, 0.05) is 5.92 Å². The van der Waals surface area contributed by atoms with Crippen molar-refractivity contribution >= 4 is 5.71 Å². The van der Waals surface area contributed by atoms with Crippen LogP contribution in [0.1, 0.15) is 12.5 Å². The van der Waals surface area contributed by atoms with Crippen molar-refractivity contribution in [1.29, 1.82) is 0 Å². The molecule has 0 spiro atoms. The van der Waals surface area contributed by atoms with Crippen molar-refractivity contribution in [3.63, 3.8) is 0 Å². The van der Waals surface area contributed by atoms with E-state index in [0.29, 0.717) is 0 Å². The fourth-order valence-corrected chi connectivity index (χ4v) is 1.60. The molecule has 80 valence electrons. The van der Waals surface area contributed by atoms with Gasteiger partial charge in [0.1, 0.15) is 5.82 Å². The standard InChI is InChI=1S/C11H12FNO2/c1-7-10(6-14)15-13-11(7)8-2-4-9(12)5-3-8/h2-5,7,10,14H,6H2,1H3. The van der Waals surface area contributed by atoms with E-state index in [1.54, 1.807) is 12.1 Å². The van der Waals surface area contributed by atoms with Gasteiger partial charge in [-0.1, -0.05) is 24.2 Å². The maximum atomic E-state index is 12.7. The van der Waals surface area contributed by atoms with Gasteiger partial charge in [-0.2, -0.15) is 0 Å². The van der Waals surface area contributed by atoms with Gasteiger partial charge in [-0.25, -0.2) is 4.39 Å². The third kappa shape index (κ3) is 1.85. The summed E-state index contributed by atoms with van der Waals surface area (Å²) in [6.45, 7) is 1.87. The lowest BCUT2D eigenvalue weighted by molar-refractivity contribution is 0.0211. The SMILES string of the molecule is CC1C(c2ccc(F)cc2)=NOC1CO. The van der Waals surface area contributed by atoms with Gasteiger partial charge in [-0.3, -0.25) is 0 Å². The minimum absolute atomic E-state index is 0.0282. The topological polar surface area (TPSA) is 41.8 Å². The average molecular weight is 209 g/mol. The van der Waals surface area contributed by atoms with E-state index in [9.17, 15) is 4.39 Å². The zero-order valence-electron chi connectivity index (χ0n) is 8.35. The second-order valence-corrected chi connectivity index (χ2v) is 3.60. The number of aliphatic hydroxyl groups is 1. The summed E-state index contributed by atoms with van der Waals surface area (Å²) >= 11 is 0. The zero-order chi connectivity index (χ0) is 10.8. The van der Waals surface area contributed by atoms with E-state index in [1.165, 1.54) is 12.1 Å². The highest BCUT2D eigenvalue weighted by atomic mass is 19.1. The number of benzene rings is 1. The molecule has 0 radical (unpaired) electrons. The van der Waals surface area contributed by atoms with Crippen LogP contribution in [0.25, 0.3) is 0 Å². The normalized spacial score (nSPS) is 24.9. The third-order valence-electron chi connectivity index (χ3n) is 2.60. The first kappa shape index (κ1) is 10.1. The Labute approximate surface area is 87.2 Å². The molecule has 1 aliphatic rings. The van der Waals surface area contributed by atoms with Crippen LogP contribution in [0, 0.1) is 11.7 Å². The van der Waals surface area contributed by atoms with Crippen molar-refractivity contribution in [2.24, 2.45) is 11.1 Å². The Morgan fingerprint density at radius 2 is 2.07 bits per heavy atom. The van der Waals surface area contributed by atoms with Gasteiger partial charge in [0.15, 0.2) is 6.10 Å². The lowest BCUT2D eigenvalue weighted by Crippen LogP contribution is -2.24. The maximum Gasteiger partial charge on any atom is 0.158 e. The lowest BCUT2D eigenvalue weighted by Gasteiger charge is -2.11. The summed E-state index contributed by atoms with van der Waals surface area (Å²) < 4.78 is 12.7. The fourth-order valence-electron chi connectivity index (χ4n) is 1.60. The largest absolute Gasteiger partial charge is 0.392 e.